The molecule has 0 unspecified atom stereocenters. The average molecular weight is 422 g/mol. The van der Waals surface area contributed by atoms with Gasteiger partial charge < -0.3 is 4.90 Å². The van der Waals surface area contributed by atoms with Gasteiger partial charge in [0.25, 0.3) is 10.0 Å². The van der Waals surface area contributed by atoms with Gasteiger partial charge in [-0.2, -0.15) is 13.5 Å². The summed E-state index contributed by atoms with van der Waals surface area (Å²) >= 11 is 0. The Kier molecular flexibility index (Phi) is 6.90. The zero-order valence-corrected chi connectivity index (χ0v) is 18.4. The van der Waals surface area contributed by atoms with Crippen LogP contribution < -0.4 is 9.73 Å². The molecule has 0 amide bonds. The lowest BCUT2D eigenvalue weighted by Crippen LogP contribution is -2.21. The van der Waals surface area contributed by atoms with Crippen LogP contribution in [0.1, 0.15) is 29.2 Å². The van der Waals surface area contributed by atoms with E-state index in [1.165, 1.54) is 11.8 Å². The molecular formula is C24H27N3O2S. The van der Waals surface area contributed by atoms with E-state index >= 15 is 0 Å². The molecule has 0 saturated heterocycles. The van der Waals surface area contributed by atoms with Crippen molar-refractivity contribution in [3.63, 3.8) is 0 Å². The standard InChI is InChI=1S/C24H27N3O2S/c1-4-27(18-22-8-6-5-7-9-22)23-13-11-21(12-14-23)17-25-26-30(28,29)24-15-10-19(2)16-20(24)3/h5-17,26H,4,18H2,1-3H3/b25-17+. The van der Waals surface area contributed by atoms with E-state index in [4.69, 9.17) is 0 Å². The van der Waals surface area contributed by atoms with E-state index in [9.17, 15) is 8.42 Å². The van der Waals surface area contributed by atoms with E-state index in [1.54, 1.807) is 19.1 Å². The van der Waals surface area contributed by atoms with Crippen molar-refractivity contribution in [2.24, 2.45) is 5.10 Å². The summed E-state index contributed by atoms with van der Waals surface area (Å²) in [4.78, 5) is 4.81. The number of hydrogen-bond donors (Lipinski definition) is 1. The molecule has 0 aliphatic heterocycles. The van der Waals surface area contributed by atoms with E-state index in [2.05, 4.69) is 33.9 Å². The molecule has 1 N–H and O–H groups in total. The highest BCUT2D eigenvalue weighted by Crippen LogP contribution is 2.18. The molecule has 0 atom stereocenters. The Labute approximate surface area is 179 Å². The molecule has 3 rings (SSSR count). The quantitative estimate of drug-likeness (QED) is 0.426. The van der Waals surface area contributed by atoms with Crippen LogP contribution in [0.3, 0.4) is 0 Å². The highest BCUT2D eigenvalue weighted by molar-refractivity contribution is 7.89. The number of benzene rings is 3. The second-order valence-corrected chi connectivity index (χ2v) is 8.84. The Morgan fingerprint density at radius 1 is 0.967 bits per heavy atom. The first-order valence-corrected chi connectivity index (χ1v) is 11.4. The summed E-state index contributed by atoms with van der Waals surface area (Å²) in [6, 6.07) is 23.5. The normalized spacial score (nSPS) is 11.6. The molecular weight excluding hydrogens is 394 g/mol. The smallest absolute Gasteiger partial charge is 0.276 e. The van der Waals surface area contributed by atoms with Crippen LogP contribution in [-0.2, 0) is 16.6 Å². The Morgan fingerprint density at radius 3 is 2.30 bits per heavy atom. The third-order valence-corrected chi connectivity index (χ3v) is 6.25. The molecule has 0 spiro atoms. The highest BCUT2D eigenvalue weighted by Gasteiger charge is 2.15. The first-order chi connectivity index (χ1) is 14.4. The maximum atomic E-state index is 12.5. The molecule has 3 aromatic rings. The monoisotopic (exact) mass is 421 g/mol. The molecule has 0 fully saturated rings. The summed E-state index contributed by atoms with van der Waals surface area (Å²) < 4.78 is 25.0. The number of anilines is 1. The van der Waals surface area contributed by atoms with Gasteiger partial charge in [-0.3, -0.25) is 0 Å². The number of aryl methyl sites for hydroxylation is 2. The number of nitrogens with one attached hydrogen (secondary N) is 1. The molecule has 0 bridgehead atoms. The molecule has 0 saturated carbocycles. The Balaban J connectivity index is 1.66. The highest BCUT2D eigenvalue weighted by atomic mass is 32.2. The summed E-state index contributed by atoms with van der Waals surface area (Å²) in [6.45, 7) is 7.55. The van der Waals surface area contributed by atoms with E-state index < -0.39 is 10.0 Å². The summed E-state index contributed by atoms with van der Waals surface area (Å²) in [5.74, 6) is 0. The fraction of sp³-hybridized carbons (Fsp3) is 0.208. The maximum absolute atomic E-state index is 12.5. The van der Waals surface area contributed by atoms with Crippen LogP contribution in [0.5, 0.6) is 0 Å². The average Bonchev–Trinajstić information content (AvgIpc) is 2.73. The first-order valence-electron chi connectivity index (χ1n) is 9.90. The largest absolute Gasteiger partial charge is 0.367 e. The molecule has 0 heterocycles. The van der Waals surface area contributed by atoms with E-state index in [1.807, 2.05) is 55.5 Å². The SMILES string of the molecule is CCN(Cc1ccccc1)c1ccc(/C=N/NS(=O)(=O)c2ccc(C)cc2C)cc1. The Bertz CT molecular complexity index is 1110. The summed E-state index contributed by atoms with van der Waals surface area (Å²) in [5.41, 5.74) is 4.89. The lowest BCUT2D eigenvalue weighted by atomic mass is 10.1. The molecule has 0 radical (unpaired) electrons. The van der Waals surface area contributed by atoms with Crippen LogP contribution in [0.25, 0.3) is 0 Å². The number of rotatable bonds is 8. The fourth-order valence-corrected chi connectivity index (χ4v) is 4.30. The summed E-state index contributed by atoms with van der Waals surface area (Å²) in [6.07, 6.45) is 1.51. The van der Waals surface area contributed by atoms with E-state index in [0.29, 0.717) is 5.56 Å². The van der Waals surface area contributed by atoms with Crippen LogP contribution in [0.2, 0.25) is 0 Å². The fourth-order valence-electron chi connectivity index (χ4n) is 3.28. The minimum Gasteiger partial charge on any atom is -0.367 e. The van der Waals surface area contributed by atoms with Crippen LogP contribution >= 0.6 is 0 Å². The van der Waals surface area contributed by atoms with Gasteiger partial charge in [0.1, 0.15) is 0 Å². The van der Waals surface area contributed by atoms with Gasteiger partial charge in [0, 0.05) is 18.8 Å². The van der Waals surface area contributed by atoms with Crippen LogP contribution in [0.15, 0.2) is 82.8 Å². The minimum atomic E-state index is -3.69. The van der Waals surface area contributed by atoms with Gasteiger partial charge in [-0.25, -0.2) is 4.83 Å². The van der Waals surface area contributed by atoms with Crippen molar-refractivity contribution in [2.45, 2.75) is 32.2 Å². The number of hydrogen-bond acceptors (Lipinski definition) is 4. The second kappa shape index (κ2) is 9.59. The van der Waals surface area contributed by atoms with Gasteiger partial charge in [0.05, 0.1) is 11.1 Å². The van der Waals surface area contributed by atoms with Gasteiger partial charge in [-0.1, -0.05) is 60.2 Å². The van der Waals surface area contributed by atoms with E-state index in [0.717, 1.165) is 29.9 Å². The molecule has 30 heavy (non-hydrogen) atoms. The van der Waals surface area contributed by atoms with Crippen molar-refractivity contribution in [3.05, 3.63) is 95.1 Å². The molecule has 0 aliphatic rings. The van der Waals surface area contributed by atoms with Crippen LogP contribution in [0, 0.1) is 13.8 Å². The van der Waals surface area contributed by atoms with Gasteiger partial charge in [0.15, 0.2) is 0 Å². The predicted octanol–water partition coefficient (Wildman–Crippen LogP) is 4.64. The van der Waals surface area contributed by atoms with Crippen LogP contribution in [-0.4, -0.2) is 21.2 Å². The zero-order valence-electron chi connectivity index (χ0n) is 17.5. The lowest BCUT2D eigenvalue weighted by molar-refractivity contribution is 0.584. The van der Waals surface area contributed by atoms with Crippen molar-refractivity contribution in [1.29, 1.82) is 0 Å². The molecule has 5 nitrogen and oxygen atoms in total. The number of nitrogens with zero attached hydrogens (tertiary/aromatic N) is 2. The summed E-state index contributed by atoms with van der Waals surface area (Å²) in [7, 11) is -3.69. The Morgan fingerprint density at radius 2 is 1.67 bits per heavy atom. The number of sulfonamides is 1. The molecule has 6 heteroatoms. The predicted molar refractivity (Wildman–Crippen MR) is 123 cm³/mol. The third kappa shape index (κ3) is 5.48. The first kappa shape index (κ1) is 21.6. The van der Waals surface area contributed by atoms with Gasteiger partial charge in [-0.05, 0) is 55.7 Å². The van der Waals surface area contributed by atoms with Crippen molar-refractivity contribution in [2.75, 3.05) is 11.4 Å². The van der Waals surface area contributed by atoms with Gasteiger partial charge >= 0.3 is 0 Å². The molecule has 0 aromatic heterocycles. The zero-order chi connectivity index (χ0) is 21.6. The second-order valence-electron chi connectivity index (χ2n) is 7.21. The lowest BCUT2D eigenvalue weighted by Gasteiger charge is -2.23. The number of hydrazone groups is 1. The molecule has 0 aliphatic carbocycles. The maximum Gasteiger partial charge on any atom is 0.276 e. The minimum absolute atomic E-state index is 0.236. The van der Waals surface area contributed by atoms with Crippen LogP contribution in [0.4, 0.5) is 5.69 Å². The molecule has 156 valence electrons. The van der Waals surface area contributed by atoms with E-state index in [-0.39, 0.29) is 4.90 Å². The van der Waals surface area contributed by atoms with Gasteiger partial charge in [-0.15, -0.1) is 0 Å². The van der Waals surface area contributed by atoms with Crippen molar-refractivity contribution >= 4 is 21.9 Å². The van der Waals surface area contributed by atoms with Crippen molar-refractivity contribution < 1.29 is 8.42 Å². The summed E-state index contributed by atoms with van der Waals surface area (Å²) in [5, 5.41) is 3.94. The van der Waals surface area contributed by atoms with Gasteiger partial charge in [0.2, 0.25) is 0 Å². The third-order valence-electron chi connectivity index (χ3n) is 4.86. The Hall–Kier alpha value is -3.12. The topological polar surface area (TPSA) is 61.8 Å². The molecule has 3 aromatic carbocycles. The van der Waals surface area contributed by atoms with Crippen molar-refractivity contribution in [3.8, 4) is 0 Å². The van der Waals surface area contributed by atoms with Crippen molar-refractivity contribution in [1.82, 2.24) is 4.83 Å².